The van der Waals surface area contributed by atoms with Crippen LogP contribution in [0.1, 0.15) is 6.92 Å². The summed E-state index contributed by atoms with van der Waals surface area (Å²) in [5, 5.41) is 10.9. The lowest BCUT2D eigenvalue weighted by atomic mass is 10.1. The zero-order chi connectivity index (χ0) is 21.2. The first-order chi connectivity index (χ1) is 13.6. The van der Waals surface area contributed by atoms with Crippen molar-refractivity contribution >= 4 is 36.7 Å². The van der Waals surface area contributed by atoms with Gasteiger partial charge in [0.25, 0.3) is 0 Å². The van der Waals surface area contributed by atoms with E-state index in [9.17, 15) is 9.90 Å². The van der Waals surface area contributed by atoms with E-state index < -0.39 is 20.1 Å². The van der Waals surface area contributed by atoms with E-state index in [1.807, 2.05) is 0 Å². The van der Waals surface area contributed by atoms with Crippen LogP contribution in [0.5, 0.6) is 11.5 Å². The normalized spacial score (nSPS) is 12.6. The molecule has 0 amide bonds. The highest BCUT2D eigenvalue weighted by Gasteiger charge is 2.22. The van der Waals surface area contributed by atoms with Crippen molar-refractivity contribution in [2.45, 2.75) is 32.7 Å². The molecule has 0 saturated carbocycles. The van der Waals surface area contributed by atoms with Crippen molar-refractivity contribution in [3.63, 3.8) is 0 Å². The minimum atomic E-state index is -1.50. The first kappa shape index (κ1) is 21.1. The van der Waals surface area contributed by atoms with Crippen LogP contribution in [0.4, 0.5) is 0 Å². The first-order valence-corrected chi connectivity index (χ1v) is 13.3. The van der Waals surface area contributed by atoms with Gasteiger partial charge in [-0.2, -0.15) is 0 Å². The molecule has 3 aromatic rings. The van der Waals surface area contributed by atoms with Gasteiger partial charge in [-0.25, -0.2) is 9.78 Å². The van der Waals surface area contributed by atoms with E-state index >= 15 is 0 Å². The van der Waals surface area contributed by atoms with E-state index in [0.29, 0.717) is 33.5 Å². The highest BCUT2D eigenvalue weighted by Crippen LogP contribution is 2.32. The van der Waals surface area contributed by atoms with Gasteiger partial charge in [-0.3, -0.25) is 4.98 Å². The van der Waals surface area contributed by atoms with Crippen LogP contribution < -0.4 is 4.74 Å². The molecule has 1 heterocycles. The number of aromatic nitrogens is 2. The summed E-state index contributed by atoms with van der Waals surface area (Å²) < 4.78 is 10.9. The number of hydrogen-bond donors (Lipinski definition) is 1. The van der Waals surface area contributed by atoms with Gasteiger partial charge in [-0.1, -0.05) is 31.2 Å². The molecule has 0 aliphatic rings. The van der Waals surface area contributed by atoms with Crippen LogP contribution in [0.3, 0.4) is 0 Å². The SMILES string of the molecule is CC(Oc1ccc(-c2cnc3cc(Cl)ccc3n2)cc1O)C(=O)OC[Si](C)(C)C. The van der Waals surface area contributed by atoms with Crippen LogP contribution in [0.25, 0.3) is 22.3 Å². The quantitative estimate of drug-likeness (QED) is 0.445. The van der Waals surface area contributed by atoms with E-state index in [-0.39, 0.29) is 11.5 Å². The Balaban J connectivity index is 1.75. The van der Waals surface area contributed by atoms with E-state index in [2.05, 4.69) is 29.6 Å². The first-order valence-electron chi connectivity index (χ1n) is 9.21. The third-order valence-electron chi connectivity index (χ3n) is 4.04. The van der Waals surface area contributed by atoms with Gasteiger partial charge in [0.05, 0.1) is 37.2 Å². The van der Waals surface area contributed by atoms with Crippen molar-refractivity contribution in [1.82, 2.24) is 9.97 Å². The molecule has 2 aromatic carbocycles. The zero-order valence-electron chi connectivity index (χ0n) is 16.8. The van der Waals surface area contributed by atoms with Gasteiger partial charge < -0.3 is 14.6 Å². The molecule has 0 fully saturated rings. The Morgan fingerprint density at radius 2 is 1.93 bits per heavy atom. The number of esters is 1. The maximum Gasteiger partial charge on any atom is 0.346 e. The number of aromatic hydroxyl groups is 1. The second-order valence-electron chi connectivity index (χ2n) is 8.00. The lowest BCUT2D eigenvalue weighted by Crippen LogP contribution is -2.34. The number of hydrogen-bond acceptors (Lipinski definition) is 6. The number of fused-ring (bicyclic) bond motifs is 1. The van der Waals surface area contributed by atoms with Crippen LogP contribution in [0, 0.1) is 0 Å². The third kappa shape index (κ3) is 5.46. The summed E-state index contributed by atoms with van der Waals surface area (Å²) in [6.07, 6.45) is 1.22. The predicted octanol–water partition coefficient (Wildman–Crippen LogP) is 4.84. The van der Waals surface area contributed by atoms with Crippen LogP contribution in [-0.4, -0.2) is 41.5 Å². The van der Waals surface area contributed by atoms with Crippen LogP contribution >= 0.6 is 11.6 Å². The molecule has 152 valence electrons. The third-order valence-corrected chi connectivity index (χ3v) is 5.29. The van der Waals surface area contributed by atoms with Gasteiger partial charge >= 0.3 is 5.97 Å². The molecule has 1 unspecified atom stereocenters. The van der Waals surface area contributed by atoms with Crippen molar-refractivity contribution in [3.8, 4) is 22.8 Å². The van der Waals surface area contributed by atoms with E-state index in [1.165, 1.54) is 6.07 Å². The molecule has 0 aliphatic carbocycles. The highest BCUT2D eigenvalue weighted by molar-refractivity contribution is 6.76. The maximum absolute atomic E-state index is 12.1. The van der Waals surface area contributed by atoms with Crippen LogP contribution in [-0.2, 0) is 9.53 Å². The number of carbonyl (C=O) groups is 1. The molecular weight excluding hydrogens is 408 g/mol. The number of rotatable bonds is 6. The molecule has 3 rings (SSSR count). The molecule has 0 spiro atoms. The minimum absolute atomic E-state index is 0.0923. The summed E-state index contributed by atoms with van der Waals surface area (Å²) >= 11 is 5.97. The molecule has 29 heavy (non-hydrogen) atoms. The van der Waals surface area contributed by atoms with E-state index in [0.717, 1.165) is 0 Å². The van der Waals surface area contributed by atoms with Gasteiger partial charge in [0.15, 0.2) is 17.6 Å². The van der Waals surface area contributed by atoms with Gasteiger partial charge in [0.1, 0.15) is 0 Å². The summed E-state index contributed by atoms with van der Waals surface area (Å²) in [6, 6.07) is 10.2. The lowest BCUT2D eigenvalue weighted by molar-refractivity contribution is -0.149. The predicted molar refractivity (Wildman–Crippen MR) is 116 cm³/mol. The second-order valence-corrected chi connectivity index (χ2v) is 13.8. The second kappa shape index (κ2) is 8.38. The zero-order valence-corrected chi connectivity index (χ0v) is 18.5. The van der Waals surface area contributed by atoms with Crippen molar-refractivity contribution < 1.29 is 19.4 Å². The van der Waals surface area contributed by atoms with Crippen molar-refractivity contribution in [2.24, 2.45) is 0 Å². The summed E-state index contributed by atoms with van der Waals surface area (Å²) in [7, 11) is -1.50. The number of benzene rings is 2. The lowest BCUT2D eigenvalue weighted by Gasteiger charge is -2.19. The van der Waals surface area contributed by atoms with Crippen molar-refractivity contribution in [1.29, 1.82) is 0 Å². The van der Waals surface area contributed by atoms with Gasteiger partial charge in [-0.05, 0) is 43.3 Å². The summed E-state index contributed by atoms with van der Waals surface area (Å²) in [4.78, 5) is 21.0. The maximum atomic E-state index is 12.1. The summed E-state index contributed by atoms with van der Waals surface area (Å²) in [6.45, 7) is 7.93. The molecule has 0 bridgehead atoms. The van der Waals surface area contributed by atoms with Crippen LogP contribution in [0.2, 0.25) is 24.7 Å². The number of ether oxygens (including phenoxy) is 2. The fourth-order valence-corrected chi connectivity index (χ4v) is 3.28. The molecule has 8 heteroatoms. The van der Waals surface area contributed by atoms with Crippen LogP contribution in [0.15, 0.2) is 42.6 Å². The largest absolute Gasteiger partial charge is 0.504 e. The average molecular weight is 431 g/mol. The molecule has 0 saturated heterocycles. The average Bonchev–Trinajstić information content (AvgIpc) is 2.66. The Morgan fingerprint density at radius 1 is 1.17 bits per heavy atom. The molecular formula is C21H23ClN2O4Si. The number of halogens is 1. The highest BCUT2D eigenvalue weighted by atomic mass is 35.5. The van der Waals surface area contributed by atoms with E-state index in [1.54, 1.807) is 43.5 Å². The fraction of sp³-hybridized carbons (Fsp3) is 0.286. The number of phenolic OH excluding ortho intramolecular Hbond substituents is 1. The standard InChI is InChI=1S/C21H23ClN2O4Si/c1-13(21(26)27-12-29(2,3)4)28-20-8-5-14(9-19(20)25)18-11-23-17-10-15(22)6-7-16(17)24-18/h5-11,13,25H,12H2,1-4H3. The molecule has 1 atom stereocenters. The van der Waals surface area contributed by atoms with E-state index in [4.69, 9.17) is 21.1 Å². The van der Waals surface area contributed by atoms with Crippen molar-refractivity contribution in [2.75, 3.05) is 6.23 Å². The Hall–Kier alpha value is -2.64. The molecule has 1 aromatic heterocycles. The Bertz CT molecular complexity index is 1050. The smallest absolute Gasteiger partial charge is 0.346 e. The number of carbonyl (C=O) groups excluding carboxylic acids is 1. The number of phenols is 1. The molecule has 6 nitrogen and oxygen atoms in total. The molecule has 0 radical (unpaired) electrons. The number of nitrogens with zero attached hydrogens (tertiary/aromatic N) is 2. The minimum Gasteiger partial charge on any atom is -0.504 e. The Kier molecular flexibility index (Phi) is 6.09. The molecule has 1 N–H and O–H groups in total. The summed E-state index contributed by atoms with van der Waals surface area (Å²) in [5.74, 6) is -0.341. The Labute approximate surface area is 175 Å². The fourth-order valence-electron chi connectivity index (χ4n) is 2.54. The topological polar surface area (TPSA) is 81.5 Å². The summed E-state index contributed by atoms with van der Waals surface area (Å²) in [5.41, 5.74) is 2.67. The van der Waals surface area contributed by atoms with Gasteiger partial charge in [0.2, 0.25) is 0 Å². The van der Waals surface area contributed by atoms with Gasteiger partial charge in [-0.15, -0.1) is 0 Å². The van der Waals surface area contributed by atoms with Gasteiger partial charge in [0, 0.05) is 10.6 Å². The monoisotopic (exact) mass is 430 g/mol. The Morgan fingerprint density at radius 3 is 2.62 bits per heavy atom. The molecule has 0 aliphatic heterocycles. The van der Waals surface area contributed by atoms with Crippen molar-refractivity contribution in [3.05, 3.63) is 47.6 Å².